The zero-order valence-electron chi connectivity index (χ0n) is 13.6. The van der Waals surface area contributed by atoms with Crippen LogP contribution in [0.25, 0.3) is 21.5 Å². The minimum absolute atomic E-state index is 0.0767. The summed E-state index contributed by atoms with van der Waals surface area (Å²) in [5.41, 5.74) is 1.71. The summed E-state index contributed by atoms with van der Waals surface area (Å²) >= 11 is 0. The first-order valence-corrected chi connectivity index (χ1v) is 8.19. The fraction of sp³-hybridized carbons (Fsp3) is 0.0455. The van der Waals surface area contributed by atoms with Crippen molar-refractivity contribution < 1.29 is 9.90 Å². The molecular formula is C22H17NO2. The summed E-state index contributed by atoms with van der Waals surface area (Å²) in [6.07, 6.45) is 0.302. The average molecular weight is 327 g/mol. The van der Waals surface area contributed by atoms with Crippen LogP contribution < -0.4 is 5.32 Å². The van der Waals surface area contributed by atoms with Crippen LogP contribution in [-0.4, -0.2) is 11.0 Å². The Morgan fingerprint density at radius 1 is 0.760 bits per heavy atom. The molecule has 0 fully saturated rings. The topological polar surface area (TPSA) is 49.3 Å². The van der Waals surface area contributed by atoms with Gasteiger partial charge in [0.05, 0.1) is 6.42 Å². The molecule has 4 aromatic carbocycles. The molecule has 0 aliphatic carbocycles. The number of anilines is 1. The molecule has 0 radical (unpaired) electrons. The van der Waals surface area contributed by atoms with Gasteiger partial charge in [-0.2, -0.15) is 0 Å². The average Bonchev–Trinajstić information content (AvgIpc) is 2.63. The third kappa shape index (κ3) is 2.92. The van der Waals surface area contributed by atoms with Crippen LogP contribution in [0.3, 0.4) is 0 Å². The van der Waals surface area contributed by atoms with Gasteiger partial charge in [-0.1, -0.05) is 66.7 Å². The lowest BCUT2D eigenvalue weighted by Crippen LogP contribution is -2.14. The molecule has 2 N–H and O–H groups in total. The Morgan fingerprint density at radius 3 is 2.36 bits per heavy atom. The van der Waals surface area contributed by atoms with Crippen molar-refractivity contribution in [1.82, 2.24) is 0 Å². The van der Waals surface area contributed by atoms with E-state index in [1.54, 1.807) is 12.1 Å². The van der Waals surface area contributed by atoms with Gasteiger partial charge in [0.2, 0.25) is 5.91 Å². The van der Waals surface area contributed by atoms with Gasteiger partial charge in [0, 0.05) is 16.5 Å². The van der Waals surface area contributed by atoms with E-state index in [-0.39, 0.29) is 11.7 Å². The van der Waals surface area contributed by atoms with E-state index in [1.165, 1.54) is 0 Å². The number of aromatic hydroxyl groups is 1. The standard InChI is InChI=1S/C22H17NO2/c24-21-13-5-10-18-19(21)11-4-12-20(18)23-22(25)14-16-8-3-7-15-6-1-2-9-17(15)16/h1-13,24H,14H2,(H,23,25). The second-order valence-electron chi connectivity index (χ2n) is 6.04. The summed E-state index contributed by atoms with van der Waals surface area (Å²) in [7, 11) is 0. The zero-order valence-corrected chi connectivity index (χ0v) is 13.6. The molecule has 3 nitrogen and oxygen atoms in total. The zero-order chi connectivity index (χ0) is 17.2. The van der Waals surface area contributed by atoms with Crippen LogP contribution in [-0.2, 0) is 11.2 Å². The second-order valence-corrected chi connectivity index (χ2v) is 6.04. The molecule has 3 heteroatoms. The van der Waals surface area contributed by atoms with E-state index < -0.39 is 0 Å². The van der Waals surface area contributed by atoms with Crippen LogP contribution in [0.5, 0.6) is 5.75 Å². The first-order valence-electron chi connectivity index (χ1n) is 8.19. The Morgan fingerprint density at radius 2 is 1.44 bits per heavy atom. The Labute approximate surface area is 145 Å². The molecule has 0 saturated heterocycles. The highest BCUT2D eigenvalue weighted by Gasteiger charge is 2.10. The maximum atomic E-state index is 12.6. The summed E-state index contributed by atoms with van der Waals surface area (Å²) in [4.78, 5) is 12.6. The van der Waals surface area contributed by atoms with Crippen molar-refractivity contribution in [2.24, 2.45) is 0 Å². The molecule has 1 amide bonds. The number of hydrogen-bond donors (Lipinski definition) is 2. The first-order chi connectivity index (χ1) is 12.2. The number of rotatable bonds is 3. The Kier molecular flexibility index (Phi) is 3.82. The molecule has 0 saturated carbocycles. The molecule has 0 unspecified atom stereocenters. The van der Waals surface area contributed by atoms with Crippen LogP contribution in [0.4, 0.5) is 5.69 Å². The van der Waals surface area contributed by atoms with Crippen LogP contribution in [0.1, 0.15) is 5.56 Å². The number of fused-ring (bicyclic) bond motifs is 2. The Balaban J connectivity index is 1.64. The molecule has 0 atom stereocenters. The lowest BCUT2D eigenvalue weighted by atomic mass is 10.0. The van der Waals surface area contributed by atoms with Gasteiger partial charge in [0.15, 0.2) is 0 Å². The van der Waals surface area contributed by atoms with Crippen molar-refractivity contribution in [1.29, 1.82) is 0 Å². The number of phenolic OH excluding ortho intramolecular Hbond substituents is 1. The predicted molar refractivity (Wildman–Crippen MR) is 102 cm³/mol. The van der Waals surface area contributed by atoms with Crippen molar-refractivity contribution in [2.45, 2.75) is 6.42 Å². The number of phenols is 1. The minimum Gasteiger partial charge on any atom is -0.507 e. The van der Waals surface area contributed by atoms with Crippen molar-refractivity contribution >= 4 is 33.1 Å². The minimum atomic E-state index is -0.0767. The lowest BCUT2D eigenvalue weighted by molar-refractivity contribution is -0.115. The third-order valence-corrected chi connectivity index (χ3v) is 4.40. The molecule has 0 aliphatic rings. The van der Waals surface area contributed by atoms with Crippen molar-refractivity contribution in [3.8, 4) is 5.75 Å². The maximum Gasteiger partial charge on any atom is 0.228 e. The summed E-state index contributed by atoms with van der Waals surface area (Å²) in [5.74, 6) is 0.134. The van der Waals surface area contributed by atoms with E-state index in [9.17, 15) is 9.90 Å². The van der Waals surface area contributed by atoms with E-state index in [1.807, 2.05) is 66.7 Å². The van der Waals surface area contributed by atoms with Crippen LogP contribution in [0.2, 0.25) is 0 Å². The molecule has 4 rings (SSSR count). The Hall–Kier alpha value is -3.33. The van der Waals surface area contributed by atoms with Gasteiger partial charge in [0.25, 0.3) is 0 Å². The van der Waals surface area contributed by atoms with Gasteiger partial charge in [0.1, 0.15) is 5.75 Å². The highest BCUT2D eigenvalue weighted by Crippen LogP contribution is 2.30. The molecule has 4 aromatic rings. The van der Waals surface area contributed by atoms with Crippen molar-refractivity contribution in [2.75, 3.05) is 5.32 Å². The maximum absolute atomic E-state index is 12.6. The van der Waals surface area contributed by atoms with Crippen LogP contribution in [0, 0.1) is 0 Å². The Bertz CT molecular complexity index is 1080. The molecule has 0 heterocycles. The number of amides is 1. The first kappa shape index (κ1) is 15.2. The van der Waals surface area contributed by atoms with Crippen molar-refractivity contribution in [3.63, 3.8) is 0 Å². The van der Waals surface area contributed by atoms with Gasteiger partial charge in [-0.05, 0) is 28.5 Å². The molecule has 0 aromatic heterocycles. The normalized spacial score (nSPS) is 10.9. The molecule has 0 spiro atoms. The number of benzene rings is 4. The highest BCUT2D eigenvalue weighted by molar-refractivity contribution is 6.05. The van der Waals surface area contributed by atoms with Gasteiger partial charge in [-0.3, -0.25) is 4.79 Å². The largest absolute Gasteiger partial charge is 0.507 e. The molecule has 0 aliphatic heterocycles. The number of carbonyl (C=O) groups excluding carboxylic acids is 1. The van der Waals surface area contributed by atoms with Gasteiger partial charge in [-0.15, -0.1) is 0 Å². The SMILES string of the molecule is O=C(Cc1cccc2ccccc12)Nc1cccc2c(O)cccc12. The molecule has 25 heavy (non-hydrogen) atoms. The van der Waals surface area contributed by atoms with Gasteiger partial charge >= 0.3 is 0 Å². The van der Waals surface area contributed by atoms with Crippen LogP contribution in [0.15, 0.2) is 78.9 Å². The third-order valence-electron chi connectivity index (χ3n) is 4.40. The lowest BCUT2D eigenvalue weighted by Gasteiger charge is -2.11. The molecule has 122 valence electrons. The second kappa shape index (κ2) is 6.29. The van der Waals surface area contributed by atoms with E-state index in [2.05, 4.69) is 5.32 Å². The molecule has 0 bridgehead atoms. The monoisotopic (exact) mass is 327 g/mol. The summed E-state index contributed by atoms with van der Waals surface area (Å²) in [5, 5.41) is 16.7. The quantitative estimate of drug-likeness (QED) is 0.563. The van der Waals surface area contributed by atoms with Crippen LogP contribution >= 0.6 is 0 Å². The summed E-state index contributed by atoms with van der Waals surface area (Å²) in [6, 6.07) is 24.9. The smallest absolute Gasteiger partial charge is 0.228 e. The van der Waals surface area contributed by atoms with E-state index >= 15 is 0 Å². The fourth-order valence-electron chi connectivity index (χ4n) is 3.22. The van der Waals surface area contributed by atoms with E-state index in [0.29, 0.717) is 12.1 Å². The van der Waals surface area contributed by atoms with E-state index in [4.69, 9.17) is 0 Å². The predicted octanol–water partition coefficient (Wildman–Crippen LogP) is 4.88. The summed E-state index contributed by atoms with van der Waals surface area (Å²) in [6.45, 7) is 0. The fourth-order valence-corrected chi connectivity index (χ4v) is 3.22. The number of nitrogens with one attached hydrogen (secondary N) is 1. The highest BCUT2D eigenvalue weighted by atomic mass is 16.3. The molecular weight excluding hydrogens is 310 g/mol. The van der Waals surface area contributed by atoms with Gasteiger partial charge < -0.3 is 10.4 Å². The number of hydrogen-bond acceptors (Lipinski definition) is 2. The van der Waals surface area contributed by atoms with Crippen molar-refractivity contribution in [3.05, 3.63) is 84.4 Å². The van der Waals surface area contributed by atoms with E-state index in [0.717, 1.165) is 27.1 Å². The number of carbonyl (C=O) groups is 1. The summed E-state index contributed by atoms with van der Waals surface area (Å²) < 4.78 is 0. The van der Waals surface area contributed by atoms with Gasteiger partial charge in [-0.25, -0.2) is 0 Å².